The highest BCUT2D eigenvalue weighted by Crippen LogP contribution is 2.18. The van der Waals surface area contributed by atoms with Gasteiger partial charge in [0, 0.05) is 12.1 Å². The van der Waals surface area contributed by atoms with Crippen molar-refractivity contribution in [3.8, 4) is 5.75 Å². The van der Waals surface area contributed by atoms with Gasteiger partial charge in [0.25, 0.3) is 0 Å². The molecular formula is C17H21FIN3O2. The number of aliphatic imine (C=N–C) groups is 1. The van der Waals surface area contributed by atoms with Crippen LogP contribution in [0, 0.1) is 5.82 Å². The highest BCUT2D eigenvalue weighted by atomic mass is 127. The van der Waals surface area contributed by atoms with Crippen molar-refractivity contribution < 1.29 is 14.2 Å². The summed E-state index contributed by atoms with van der Waals surface area (Å²) in [4.78, 5) is 4.20. The van der Waals surface area contributed by atoms with Crippen LogP contribution in [0.2, 0.25) is 0 Å². The van der Waals surface area contributed by atoms with Gasteiger partial charge in [-0.05, 0) is 23.8 Å². The molecule has 24 heavy (non-hydrogen) atoms. The van der Waals surface area contributed by atoms with Crippen molar-refractivity contribution in [2.45, 2.75) is 12.6 Å². The molecule has 2 rings (SSSR count). The van der Waals surface area contributed by atoms with Crippen LogP contribution in [0.4, 0.5) is 4.39 Å². The molecule has 0 saturated carbocycles. The molecule has 1 atom stereocenters. The number of benzene rings is 2. The lowest BCUT2D eigenvalue weighted by Crippen LogP contribution is -2.34. The van der Waals surface area contributed by atoms with Gasteiger partial charge < -0.3 is 20.9 Å². The van der Waals surface area contributed by atoms with Gasteiger partial charge >= 0.3 is 0 Å². The predicted molar refractivity (Wildman–Crippen MR) is 103 cm³/mol. The van der Waals surface area contributed by atoms with Gasteiger partial charge in [-0.3, -0.25) is 0 Å². The molecular weight excluding hydrogens is 424 g/mol. The van der Waals surface area contributed by atoms with Crippen molar-refractivity contribution in [2.24, 2.45) is 10.7 Å². The molecule has 0 bridgehead atoms. The number of nitrogens with zero attached hydrogens (tertiary/aromatic N) is 1. The normalized spacial score (nSPS) is 12.2. The number of halogens is 2. The first kappa shape index (κ1) is 20.2. The number of hydrogen-bond donors (Lipinski definition) is 3. The van der Waals surface area contributed by atoms with E-state index in [-0.39, 0.29) is 42.3 Å². The van der Waals surface area contributed by atoms with E-state index in [0.717, 1.165) is 11.3 Å². The standard InChI is InChI=1S/C17H20FN3O2.HI/c1-23-16-8-3-2-5-13(16)10-20-17(19)21-11-15(22)12-6-4-7-14(18)9-12;/h2-9,15,22H,10-11H2,1H3,(H3,19,20,21);1H. The zero-order valence-corrected chi connectivity index (χ0v) is 15.6. The summed E-state index contributed by atoms with van der Waals surface area (Å²) < 4.78 is 18.4. The number of para-hydroxylation sites is 1. The average Bonchev–Trinajstić information content (AvgIpc) is 2.58. The largest absolute Gasteiger partial charge is 0.496 e. The van der Waals surface area contributed by atoms with Gasteiger partial charge in [0.1, 0.15) is 11.6 Å². The quantitative estimate of drug-likeness (QED) is 0.363. The Bertz CT molecular complexity index is 682. The molecule has 1 unspecified atom stereocenters. The second-order valence-corrected chi connectivity index (χ2v) is 4.97. The van der Waals surface area contributed by atoms with Crippen LogP contribution in [0.5, 0.6) is 5.75 Å². The number of aliphatic hydroxyl groups excluding tert-OH is 1. The minimum atomic E-state index is -0.870. The summed E-state index contributed by atoms with van der Waals surface area (Å²) in [5.74, 6) is 0.551. The van der Waals surface area contributed by atoms with Gasteiger partial charge in [0.15, 0.2) is 5.96 Å². The predicted octanol–water partition coefficient (Wildman–Crippen LogP) is 2.59. The summed E-state index contributed by atoms with van der Waals surface area (Å²) in [5.41, 5.74) is 7.17. The van der Waals surface area contributed by atoms with E-state index in [4.69, 9.17) is 10.5 Å². The molecule has 0 aliphatic carbocycles. The third-order valence-electron chi connectivity index (χ3n) is 3.32. The van der Waals surface area contributed by atoms with E-state index in [0.29, 0.717) is 12.1 Å². The summed E-state index contributed by atoms with van der Waals surface area (Å²) in [7, 11) is 1.60. The van der Waals surface area contributed by atoms with E-state index in [1.807, 2.05) is 24.3 Å². The van der Waals surface area contributed by atoms with Crippen molar-refractivity contribution in [1.82, 2.24) is 5.32 Å². The maximum absolute atomic E-state index is 13.1. The first-order valence-electron chi connectivity index (χ1n) is 7.19. The fourth-order valence-corrected chi connectivity index (χ4v) is 2.09. The van der Waals surface area contributed by atoms with Gasteiger partial charge in [0.05, 0.1) is 19.8 Å². The Labute approximate surface area is 157 Å². The smallest absolute Gasteiger partial charge is 0.189 e. The molecule has 0 fully saturated rings. The highest BCUT2D eigenvalue weighted by Gasteiger charge is 2.08. The number of nitrogens with one attached hydrogen (secondary N) is 1. The number of ether oxygens (including phenoxy) is 1. The minimum absolute atomic E-state index is 0. The molecule has 5 nitrogen and oxygen atoms in total. The fourth-order valence-electron chi connectivity index (χ4n) is 2.09. The average molecular weight is 445 g/mol. The maximum atomic E-state index is 13.1. The monoisotopic (exact) mass is 445 g/mol. The third-order valence-corrected chi connectivity index (χ3v) is 3.32. The van der Waals surface area contributed by atoms with Crippen LogP contribution in [0.25, 0.3) is 0 Å². The number of guanidine groups is 1. The van der Waals surface area contributed by atoms with Gasteiger partial charge in [-0.15, -0.1) is 24.0 Å². The van der Waals surface area contributed by atoms with Crippen molar-refractivity contribution in [1.29, 1.82) is 0 Å². The molecule has 0 aromatic heterocycles. The second kappa shape index (κ2) is 10.1. The number of hydrogen-bond acceptors (Lipinski definition) is 3. The molecule has 0 aliphatic heterocycles. The van der Waals surface area contributed by atoms with Crippen LogP contribution in [0.15, 0.2) is 53.5 Å². The second-order valence-electron chi connectivity index (χ2n) is 4.97. The summed E-state index contributed by atoms with van der Waals surface area (Å²) in [6.45, 7) is 0.504. The lowest BCUT2D eigenvalue weighted by Gasteiger charge is -2.13. The molecule has 0 radical (unpaired) electrons. The molecule has 0 spiro atoms. The Kier molecular flexibility index (Phi) is 8.48. The van der Waals surface area contributed by atoms with Crippen molar-refractivity contribution in [3.05, 3.63) is 65.5 Å². The van der Waals surface area contributed by atoms with Gasteiger partial charge in [-0.25, -0.2) is 9.38 Å². The molecule has 0 heterocycles. The Morgan fingerprint density at radius 2 is 2.04 bits per heavy atom. The molecule has 0 aliphatic rings. The number of nitrogens with two attached hydrogens (primary N) is 1. The first-order chi connectivity index (χ1) is 11.1. The lowest BCUT2D eigenvalue weighted by atomic mass is 10.1. The van der Waals surface area contributed by atoms with Gasteiger partial charge in [0.2, 0.25) is 0 Å². The minimum Gasteiger partial charge on any atom is -0.496 e. The first-order valence-corrected chi connectivity index (χ1v) is 7.19. The maximum Gasteiger partial charge on any atom is 0.189 e. The zero-order valence-electron chi connectivity index (χ0n) is 13.3. The molecule has 2 aromatic rings. The summed E-state index contributed by atoms with van der Waals surface area (Å²) >= 11 is 0. The molecule has 0 amide bonds. The van der Waals surface area contributed by atoms with E-state index < -0.39 is 6.10 Å². The van der Waals surface area contributed by atoms with Crippen molar-refractivity contribution in [3.63, 3.8) is 0 Å². The van der Waals surface area contributed by atoms with Crippen LogP contribution in [0.1, 0.15) is 17.2 Å². The summed E-state index contributed by atoms with van der Waals surface area (Å²) in [6, 6.07) is 13.3. The SMILES string of the molecule is COc1ccccc1CN=C(N)NCC(O)c1cccc(F)c1.I. The van der Waals surface area contributed by atoms with Crippen LogP contribution >= 0.6 is 24.0 Å². The molecule has 0 saturated heterocycles. The van der Waals surface area contributed by atoms with Crippen LogP contribution in [-0.4, -0.2) is 24.7 Å². The lowest BCUT2D eigenvalue weighted by molar-refractivity contribution is 0.180. The van der Waals surface area contributed by atoms with Crippen molar-refractivity contribution in [2.75, 3.05) is 13.7 Å². The van der Waals surface area contributed by atoms with E-state index in [2.05, 4.69) is 10.3 Å². The van der Waals surface area contributed by atoms with Crippen LogP contribution < -0.4 is 15.8 Å². The Balaban J connectivity index is 0.00000288. The number of rotatable bonds is 6. The topological polar surface area (TPSA) is 79.9 Å². The zero-order chi connectivity index (χ0) is 16.7. The van der Waals surface area contributed by atoms with Crippen LogP contribution in [-0.2, 0) is 6.54 Å². The van der Waals surface area contributed by atoms with E-state index in [9.17, 15) is 9.50 Å². The van der Waals surface area contributed by atoms with Gasteiger partial charge in [-0.2, -0.15) is 0 Å². The number of aliphatic hydroxyl groups is 1. The summed E-state index contributed by atoms with van der Waals surface area (Å²) in [5, 5.41) is 12.8. The van der Waals surface area contributed by atoms with E-state index >= 15 is 0 Å². The Hall–Kier alpha value is -1.87. The summed E-state index contributed by atoms with van der Waals surface area (Å²) in [6.07, 6.45) is -0.870. The molecule has 4 N–H and O–H groups in total. The Morgan fingerprint density at radius 3 is 2.75 bits per heavy atom. The van der Waals surface area contributed by atoms with E-state index in [1.165, 1.54) is 12.1 Å². The van der Waals surface area contributed by atoms with E-state index in [1.54, 1.807) is 19.2 Å². The number of methoxy groups -OCH3 is 1. The molecule has 2 aromatic carbocycles. The van der Waals surface area contributed by atoms with Crippen LogP contribution in [0.3, 0.4) is 0 Å². The van der Waals surface area contributed by atoms with Gasteiger partial charge in [-0.1, -0.05) is 30.3 Å². The molecule has 130 valence electrons. The molecule has 7 heteroatoms. The fraction of sp³-hybridized carbons (Fsp3) is 0.235. The van der Waals surface area contributed by atoms with Crippen molar-refractivity contribution >= 4 is 29.9 Å². The Morgan fingerprint density at radius 1 is 1.29 bits per heavy atom. The highest BCUT2D eigenvalue weighted by molar-refractivity contribution is 14.0. The third kappa shape index (κ3) is 5.97.